The predicted molar refractivity (Wildman–Crippen MR) is 80.6 cm³/mol. The fourth-order valence-electron chi connectivity index (χ4n) is 3.12. The average Bonchev–Trinajstić information content (AvgIpc) is 2.45. The monoisotopic (exact) mass is 261 g/mol. The summed E-state index contributed by atoms with van der Waals surface area (Å²) < 4.78 is 5.44. The van der Waals surface area contributed by atoms with Crippen LogP contribution in [0.3, 0.4) is 0 Å². The maximum atomic E-state index is 5.44. The van der Waals surface area contributed by atoms with E-state index in [2.05, 4.69) is 31.3 Å². The van der Waals surface area contributed by atoms with Gasteiger partial charge in [-0.1, -0.05) is 44.4 Å². The molecule has 1 N–H and O–H groups in total. The Labute approximate surface area is 117 Å². The first-order valence-corrected chi connectivity index (χ1v) is 7.51. The van der Waals surface area contributed by atoms with Gasteiger partial charge in [-0.25, -0.2) is 0 Å². The number of hydrogen-bond donors (Lipinski definition) is 1. The number of hydrogen-bond acceptors (Lipinski definition) is 2. The van der Waals surface area contributed by atoms with Crippen molar-refractivity contribution in [2.45, 2.75) is 52.0 Å². The molecule has 106 valence electrons. The van der Waals surface area contributed by atoms with Gasteiger partial charge < -0.3 is 10.1 Å². The van der Waals surface area contributed by atoms with Gasteiger partial charge in [-0.15, -0.1) is 0 Å². The lowest BCUT2D eigenvalue weighted by molar-refractivity contribution is 0.201. The Balaban J connectivity index is 1.95. The molecule has 0 heterocycles. The first kappa shape index (κ1) is 14.4. The normalized spacial score (nSPS) is 19.9. The van der Waals surface area contributed by atoms with Gasteiger partial charge in [0.05, 0.1) is 7.11 Å². The van der Waals surface area contributed by atoms with E-state index in [1.54, 1.807) is 7.11 Å². The van der Waals surface area contributed by atoms with Crippen LogP contribution in [0.1, 0.15) is 57.6 Å². The molecule has 0 saturated heterocycles. The molecule has 1 fully saturated rings. The SMILES string of the molecule is COc1ccccc1C(C)NCC1(C)CCCCC1. The quantitative estimate of drug-likeness (QED) is 0.852. The summed E-state index contributed by atoms with van der Waals surface area (Å²) >= 11 is 0. The standard InChI is InChI=1S/C17H27NO/c1-14(15-9-5-6-10-16(15)19-3)18-13-17(2)11-7-4-8-12-17/h5-6,9-10,14,18H,4,7-8,11-13H2,1-3H3. The topological polar surface area (TPSA) is 21.3 Å². The van der Waals surface area contributed by atoms with E-state index in [9.17, 15) is 0 Å². The van der Waals surface area contributed by atoms with Gasteiger partial charge >= 0.3 is 0 Å². The Morgan fingerprint density at radius 1 is 1.21 bits per heavy atom. The molecule has 1 atom stereocenters. The minimum Gasteiger partial charge on any atom is -0.496 e. The van der Waals surface area contributed by atoms with Gasteiger partial charge in [-0.05, 0) is 31.2 Å². The van der Waals surface area contributed by atoms with Crippen LogP contribution >= 0.6 is 0 Å². The third-order valence-corrected chi connectivity index (χ3v) is 4.50. The van der Waals surface area contributed by atoms with Gasteiger partial charge in [-0.2, -0.15) is 0 Å². The van der Waals surface area contributed by atoms with Crippen molar-refractivity contribution in [3.8, 4) is 5.75 Å². The second-order valence-electron chi connectivity index (χ2n) is 6.22. The molecule has 0 bridgehead atoms. The second kappa shape index (κ2) is 6.42. The van der Waals surface area contributed by atoms with E-state index >= 15 is 0 Å². The molecule has 0 radical (unpaired) electrons. The van der Waals surface area contributed by atoms with Crippen LogP contribution in [0.25, 0.3) is 0 Å². The fraction of sp³-hybridized carbons (Fsp3) is 0.647. The van der Waals surface area contributed by atoms with Gasteiger partial charge in [0.15, 0.2) is 0 Å². The summed E-state index contributed by atoms with van der Waals surface area (Å²) in [6.45, 7) is 5.75. The molecule has 1 aromatic rings. The Bertz CT molecular complexity index is 396. The maximum absolute atomic E-state index is 5.44. The van der Waals surface area contributed by atoms with Crippen LogP contribution < -0.4 is 10.1 Å². The van der Waals surface area contributed by atoms with E-state index in [1.165, 1.54) is 37.7 Å². The molecule has 0 aromatic heterocycles. The zero-order chi connectivity index (χ0) is 13.7. The third-order valence-electron chi connectivity index (χ3n) is 4.50. The summed E-state index contributed by atoms with van der Waals surface area (Å²) in [6.07, 6.45) is 6.91. The van der Waals surface area contributed by atoms with E-state index in [1.807, 2.05) is 12.1 Å². The van der Waals surface area contributed by atoms with E-state index in [4.69, 9.17) is 4.74 Å². The smallest absolute Gasteiger partial charge is 0.123 e. The van der Waals surface area contributed by atoms with Crippen molar-refractivity contribution in [3.63, 3.8) is 0 Å². The van der Waals surface area contributed by atoms with E-state index in [0.29, 0.717) is 11.5 Å². The Morgan fingerprint density at radius 3 is 2.58 bits per heavy atom. The van der Waals surface area contributed by atoms with Crippen LogP contribution in [-0.4, -0.2) is 13.7 Å². The summed E-state index contributed by atoms with van der Waals surface area (Å²) in [6, 6.07) is 8.64. The van der Waals surface area contributed by atoms with Gasteiger partial charge in [0, 0.05) is 18.2 Å². The first-order valence-electron chi connectivity index (χ1n) is 7.51. The Hall–Kier alpha value is -1.02. The molecular weight excluding hydrogens is 234 g/mol. The lowest BCUT2D eigenvalue weighted by Gasteiger charge is -2.35. The van der Waals surface area contributed by atoms with E-state index in [0.717, 1.165) is 12.3 Å². The highest BCUT2D eigenvalue weighted by molar-refractivity contribution is 5.35. The number of para-hydroxylation sites is 1. The minimum absolute atomic E-state index is 0.343. The highest BCUT2D eigenvalue weighted by Crippen LogP contribution is 2.35. The molecule has 1 saturated carbocycles. The highest BCUT2D eigenvalue weighted by atomic mass is 16.5. The van der Waals surface area contributed by atoms with Crippen LogP contribution in [0.2, 0.25) is 0 Å². The van der Waals surface area contributed by atoms with Gasteiger partial charge in [0.25, 0.3) is 0 Å². The van der Waals surface area contributed by atoms with Crippen molar-refractivity contribution in [2.75, 3.05) is 13.7 Å². The number of nitrogens with one attached hydrogen (secondary N) is 1. The highest BCUT2D eigenvalue weighted by Gasteiger charge is 2.27. The van der Waals surface area contributed by atoms with Crippen LogP contribution in [0.5, 0.6) is 5.75 Å². The van der Waals surface area contributed by atoms with Crippen molar-refractivity contribution in [1.29, 1.82) is 0 Å². The Kier molecular flexibility index (Phi) is 4.87. The second-order valence-corrected chi connectivity index (χ2v) is 6.22. The molecule has 1 unspecified atom stereocenters. The number of rotatable bonds is 5. The van der Waals surface area contributed by atoms with Crippen molar-refractivity contribution >= 4 is 0 Å². The summed E-state index contributed by atoms with van der Waals surface area (Å²) in [7, 11) is 1.74. The van der Waals surface area contributed by atoms with Gasteiger partial charge in [-0.3, -0.25) is 0 Å². The summed E-state index contributed by atoms with van der Waals surface area (Å²) in [5.41, 5.74) is 1.73. The van der Waals surface area contributed by atoms with Crippen molar-refractivity contribution in [1.82, 2.24) is 5.32 Å². The van der Waals surface area contributed by atoms with Crippen molar-refractivity contribution in [3.05, 3.63) is 29.8 Å². The molecule has 19 heavy (non-hydrogen) atoms. The average molecular weight is 261 g/mol. The van der Waals surface area contributed by atoms with Gasteiger partial charge in [0.1, 0.15) is 5.75 Å². The number of ether oxygens (including phenoxy) is 1. The first-order chi connectivity index (χ1) is 9.14. The molecule has 2 rings (SSSR count). The van der Waals surface area contributed by atoms with Crippen LogP contribution in [-0.2, 0) is 0 Å². The van der Waals surface area contributed by atoms with Crippen LogP contribution in [0, 0.1) is 5.41 Å². The zero-order valence-electron chi connectivity index (χ0n) is 12.5. The third kappa shape index (κ3) is 3.73. The molecule has 0 spiro atoms. The summed E-state index contributed by atoms with van der Waals surface area (Å²) in [5, 5.41) is 3.70. The molecular formula is C17H27NO. The molecule has 0 amide bonds. The molecule has 0 aliphatic heterocycles. The van der Waals surface area contributed by atoms with Crippen LogP contribution in [0.15, 0.2) is 24.3 Å². The molecule has 1 aliphatic rings. The molecule has 2 heteroatoms. The summed E-state index contributed by atoms with van der Waals surface area (Å²) in [4.78, 5) is 0. The largest absolute Gasteiger partial charge is 0.496 e. The van der Waals surface area contributed by atoms with E-state index in [-0.39, 0.29) is 0 Å². The Morgan fingerprint density at radius 2 is 1.89 bits per heavy atom. The lowest BCUT2D eigenvalue weighted by Crippen LogP contribution is -2.35. The maximum Gasteiger partial charge on any atom is 0.123 e. The van der Waals surface area contributed by atoms with Crippen molar-refractivity contribution in [2.24, 2.45) is 5.41 Å². The fourth-order valence-corrected chi connectivity index (χ4v) is 3.12. The minimum atomic E-state index is 0.343. The molecule has 1 aliphatic carbocycles. The van der Waals surface area contributed by atoms with Crippen LogP contribution in [0.4, 0.5) is 0 Å². The van der Waals surface area contributed by atoms with Crippen molar-refractivity contribution < 1.29 is 4.74 Å². The summed E-state index contributed by atoms with van der Waals surface area (Å²) in [5.74, 6) is 0.983. The number of benzene rings is 1. The van der Waals surface area contributed by atoms with Gasteiger partial charge in [0.2, 0.25) is 0 Å². The zero-order valence-corrected chi connectivity index (χ0v) is 12.5. The van der Waals surface area contributed by atoms with E-state index < -0.39 is 0 Å². The molecule has 1 aromatic carbocycles. The number of methoxy groups -OCH3 is 1. The molecule has 2 nitrogen and oxygen atoms in total. The predicted octanol–water partition coefficient (Wildman–Crippen LogP) is 4.32. The lowest BCUT2D eigenvalue weighted by atomic mass is 9.75.